The quantitative estimate of drug-likeness (QED) is 0.179. The Morgan fingerprint density at radius 1 is 1.05 bits per heavy atom. The molecule has 6 N–H and O–H groups in total. The van der Waals surface area contributed by atoms with Crippen LogP contribution >= 0.6 is 0 Å². The Labute approximate surface area is 224 Å². The van der Waals surface area contributed by atoms with Crippen molar-refractivity contribution in [3.05, 3.63) is 53.1 Å². The van der Waals surface area contributed by atoms with Gasteiger partial charge in [0.2, 0.25) is 5.91 Å². The molecule has 0 bridgehead atoms. The Balaban J connectivity index is 1.29. The van der Waals surface area contributed by atoms with E-state index < -0.39 is 61.6 Å². The number of fused-ring (bicyclic) bond motifs is 1. The molecule has 39 heavy (non-hydrogen) atoms. The first-order chi connectivity index (χ1) is 18.8. The van der Waals surface area contributed by atoms with Crippen LogP contribution in [0.15, 0.2) is 42.0 Å². The molecule has 2 heterocycles. The summed E-state index contributed by atoms with van der Waals surface area (Å²) in [6.45, 7) is -0.616. The van der Waals surface area contributed by atoms with Crippen molar-refractivity contribution in [2.75, 3.05) is 33.2 Å². The third-order valence-electron chi connectivity index (χ3n) is 6.61. The molecule has 1 aromatic rings. The van der Waals surface area contributed by atoms with Gasteiger partial charge >= 0.3 is 5.97 Å². The van der Waals surface area contributed by atoms with Crippen LogP contribution in [0.1, 0.15) is 22.3 Å². The highest BCUT2D eigenvalue weighted by Crippen LogP contribution is 2.31. The van der Waals surface area contributed by atoms with Crippen LogP contribution in [-0.4, -0.2) is 120 Å². The molecule has 0 spiro atoms. The van der Waals surface area contributed by atoms with Gasteiger partial charge in [0.25, 0.3) is 0 Å². The number of aliphatic hydroxyl groups is 5. The lowest BCUT2D eigenvalue weighted by Crippen LogP contribution is -2.59. The summed E-state index contributed by atoms with van der Waals surface area (Å²) in [5.74, 6) is -0.960. The van der Waals surface area contributed by atoms with Crippen LogP contribution < -0.4 is 5.32 Å². The molecule has 1 aliphatic carbocycles. The molecular formula is C26H33NO12. The fourth-order valence-electron chi connectivity index (χ4n) is 4.48. The summed E-state index contributed by atoms with van der Waals surface area (Å²) in [4.78, 5) is 25.2. The molecule has 1 amide bonds. The SMILES string of the molecule is O=C(NCCO)C1=C[C@H]2OCO[C@H]2[C@H](OC(=O)c2ccc(C=CCO[C@H]3O[C@H](CO)[C@H](O)[C@H](O)[C@H]3O)cc2)C1. The summed E-state index contributed by atoms with van der Waals surface area (Å²) in [7, 11) is 0. The second kappa shape index (κ2) is 13.6. The number of benzene rings is 1. The molecule has 13 heteroatoms. The molecule has 13 nitrogen and oxygen atoms in total. The van der Waals surface area contributed by atoms with Gasteiger partial charge in [0.05, 0.1) is 25.4 Å². The average molecular weight is 552 g/mol. The number of aliphatic hydroxyl groups excluding tert-OH is 5. The third kappa shape index (κ3) is 7.08. The predicted molar refractivity (Wildman–Crippen MR) is 132 cm³/mol. The van der Waals surface area contributed by atoms with Gasteiger partial charge in [-0.3, -0.25) is 4.79 Å². The van der Waals surface area contributed by atoms with Crippen molar-refractivity contribution < 1.29 is 58.8 Å². The van der Waals surface area contributed by atoms with E-state index in [4.69, 9.17) is 28.8 Å². The van der Waals surface area contributed by atoms with Crippen LogP contribution in [0.4, 0.5) is 0 Å². The number of hydrogen-bond donors (Lipinski definition) is 6. The molecule has 0 aromatic heterocycles. The summed E-state index contributed by atoms with van der Waals surface area (Å²) in [6.07, 6.45) is -3.41. The molecule has 3 aliphatic rings. The highest BCUT2D eigenvalue weighted by Gasteiger charge is 2.44. The zero-order valence-corrected chi connectivity index (χ0v) is 21.0. The van der Waals surface area contributed by atoms with E-state index in [1.165, 1.54) is 0 Å². The van der Waals surface area contributed by atoms with Gasteiger partial charge in [-0.15, -0.1) is 0 Å². The Kier molecular flexibility index (Phi) is 10.2. The predicted octanol–water partition coefficient (Wildman–Crippen LogP) is -1.78. The van der Waals surface area contributed by atoms with E-state index >= 15 is 0 Å². The van der Waals surface area contributed by atoms with Gasteiger partial charge in [-0.2, -0.15) is 0 Å². The minimum Gasteiger partial charge on any atom is -0.456 e. The second-order valence-electron chi connectivity index (χ2n) is 9.25. The van der Waals surface area contributed by atoms with Crippen LogP contribution in [0.3, 0.4) is 0 Å². The molecule has 214 valence electrons. The largest absolute Gasteiger partial charge is 0.456 e. The first-order valence-corrected chi connectivity index (χ1v) is 12.5. The van der Waals surface area contributed by atoms with E-state index in [1.807, 2.05) is 0 Å². The van der Waals surface area contributed by atoms with E-state index in [0.29, 0.717) is 11.1 Å². The van der Waals surface area contributed by atoms with Crippen LogP contribution in [0.2, 0.25) is 0 Å². The molecule has 2 saturated heterocycles. The second-order valence-corrected chi connectivity index (χ2v) is 9.25. The first-order valence-electron chi connectivity index (χ1n) is 12.5. The maximum atomic E-state index is 12.8. The zero-order chi connectivity index (χ0) is 27.9. The minimum atomic E-state index is -1.52. The Morgan fingerprint density at radius 2 is 1.82 bits per heavy atom. The summed E-state index contributed by atoms with van der Waals surface area (Å²) in [6, 6.07) is 6.54. The lowest BCUT2D eigenvalue weighted by molar-refractivity contribution is -0.298. The van der Waals surface area contributed by atoms with Crippen molar-refractivity contribution in [1.29, 1.82) is 0 Å². The van der Waals surface area contributed by atoms with E-state index in [2.05, 4.69) is 5.32 Å². The highest BCUT2D eigenvalue weighted by molar-refractivity contribution is 5.94. The van der Waals surface area contributed by atoms with Gasteiger partial charge in [0.15, 0.2) is 6.29 Å². The summed E-state index contributed by atoms with van der Waals surface area (Å²) < 4.78 is 27.4. The van der Waals surface area contributed by atoms with Crippen molar-refractivity contribution in [2.24, 2.45) is 0 Å². The molecule has 2 aliphatic heterocycles. The lowest BCUT2D eigenvalue weighted by atomic mass is 9.91. The summed E-state index contributed by atoms with van der Waals surface area (Å²) in [5.41, 5.74) is 1.42. The molecule has 0 unspecified atom stereocenters. The van der Waals surface area contributed by atoms with Crippen molar-refractivity contribution in [3.63, 3.8) is 0 Å². The number of ether oxygens (including phenoxy) is 5. The minimum absolute atomic E-state index is 0.000518. The van der Waals surface area contributed by atoms with Gasteiger partial charge in [0.1, 0.15) is 49.5 Å². The highest BCUT2D eigenvalue weighted by atomic mass is 16.7. The number of nitrogens with one attached hydrogen (secondary N) is 1. The van der Waals surface area contributed by atoms with E-state index in [0.717, 1.165) is 5.56 Å². The van der Waals surface area contributed by atoms with Crippen LogP contribution in [0.25, 0.3) is 6.08 Å². The zero-order valence-electron chi connectivity index (χ0n) is 21.0. The van der Waals surface area contributed by atoms with Crippen molar-refractivity contribution in [1.82, 2.24) is 5.32 Å². The number of carbonyl (C=O) groups excluding carboxylic acids is 2. The van der Waals surface area contributed by atoms with Crippen molar-refractivity contribution >= 4 is 18.0 Å². The average Bonchev–Trinajstić information content (AvgIpc) is 3.43. The number of esters is 1. The third-order valence-corrected chi connectivity index (χ3v) is 6.61. The fourth-order valence-corrected chi connectivity index (χ4v) is 4.48. The van der Waals surface area contributed by atoms with Crippen molar-refractivity contribution in [2.45, 2.75) is 55.4 Å². The number of rotatable bonds is 10. The van der Waals surface area contributed by atoms with E-state index in [9.17, 15) is 30.0 Å². The molecule has 2 fully saturated rings. The molecule has 0 radical (unpaired) electrons. The van der Waals surface area contributed by atoms with E-state index in [-0.39, 0.29) is 38.9 Å². The smallest absolute Gasteiger partial charge is 0.338 e. The number of carbonyl (C=O) groups is 2. The molecule has 1 aromatic carbocycles. The summed E-state index contributed by atoms with van der Waals surface area (Å²) >= 11 is 0. The monoisotopic (exact) mass is 551 g/mol. The summed E-state index contributed by atoms with van der Waals surface area (Å²) in [5, 5.41) is 50.4. The number of hydrogen-bond acceptors (Lipinski definition) is 12. The molecule has 4 rings (SSSR count). The maximum Gasteiger partial charge on any atom is 0.338 e. The Bertz CT molecular complexity index is 1040. The molecule has 8 atom stereocenters. The standard InChI is InChI=1S/C26H33NO12/c28-8-7-27-24(33)16-10-17-23(37-13-36-17)18(11-16)38-25(34)15-5-3-14(4-6-15)2-1-9-35-26-22(32)21(31)20(30)19(12-29)39-26/h1-6,10,17-23,26,28-32H,7-9,11-13H2,(H,27,33)/t17-,18-,19-,20+,21+,22-,23-,26+/m1/s1. The van der Waals surface area contributed by atoms with Crippen LogP contribution in [-0.2, 0) is 28.5 Å². The van der Waals surface area contributed by atoms with Gasteiger partial charge < -0.3 is 54.5 Å². The topological polar surface area (TPSA) is 193 Å². The van der Waals surface area contributed by atoms with Crippen LogP contribution in [0.5, 0.6) is 0 Å². The number of amides is 1. The van der Waals surface area contributed by atoms with Gasteiger partial charge in [-0.1, -0.05) is 24.3 Å². The molecule has 0 saturated carbocycles. The van der Waals surface area contributed by atoms with Gasteiger partial charge in [-0.25, -0.2) is 4.79 Å². The maximum absolute atomic E-state index is 12.8. The molecular weight excluding hydrogens is 518 g/mol. The lowest BCUT2D eigenvalue weighted by Gasteiger charge is -2.39. The normalized spacial score (nSPS) is 32.5. The van der Waals surface area contributed by atoms with E-state index in [1.54, 1.807) is 42.5 Å². The van der Waals surface area contributed by atoms with Gasteiger partial charge in [0, 0.05) is 18.5 Å². The Hall–Kier alpha value is -2.72. The Morgan fingerprint density at radius 3 is 2.54 bits per heavy atom. The first kappa shape index (κ1) is 29.3. The van der Waals surface area contributed by atoms with Crippen molar-refractivity contribution in [3.8, 4) is 0 Å². The fraction of sp³-hybridized carbons (Fsp3) is 0.538. The van der Waals surface area contributed by atoms with Crippen LogP contribution in [0, 0.1) is 0 Å². The van der Waals surface area contributed by atoms with Gasteiger partial charge in [-0.05, 0) is 23.8 Å².